The molecule has 0 bridgehead atoms. The van der Waals surface area contributed by atoms with Gasteiger partial charge in [-0.25, -0.2) is 14.2 Å². The second-order valence-corrected chi connectivity index (χ2v) is 6.73. The molecule has 142 valence electrons. The largest absolute Gasteiger partial charge is 0.478 e. The smallest absolute Gasteiger partial charge is 0.337 e. The summed E-state index contributed by atoms with van der Waals surface area (Å²) in [6, 6.07) is 5.17. The average Bonchev–Trinajstić information content (AvgIpc) is 3.06. The third-order valence-corrected chi connectivity index (χ3v) is 4.78. The van der Waals surface area contributed by atoms with Gasteiger partial charge in [-0.1, -0.05) is 12.1 Å². The predicted molar refractivity (Wildman–Crippen MR) is 96.6 cm³/mol. The van der Waals surface area contributed by atoms with Gasteiger partial charge in [-0.05, 0) is 49.6 Å². The molecule has 0 saturated heterocycles. The molecule has 1 aliphatic heterocycles. The summed E-state index contributed by atoms with van der Waals surface area (Å²) in [4.78, 5) is 26.8. The maximum atomic E-state index is 12.9. The standard InChI is InChI=1S/C19H21N3O5/c1-9(2)26-19(25)15-11(4)22(5)10(3)14(18(23)24)16(15)12-7-6-8-13-17(12)21-27-20-13/h6-9,16H,1-5H3,(H,23,24). The molecular formula is C19H21N3O5. The highest BCUT2D eigenvalue weighted by molar-refractivity contribution is 6.00. The van der Waals surface area contributed by atoms with Crippen LogP contribution in [0, 0.1) is 0 Å². The Kier molecular flexibility index (Phi) is 4.73. The summed E-state index contributed by atoms with van der Waals surface area (Å²) in [5, 5.41) is 17.7. The third kappa shape index (κ3) is 3.07. The lowest BCUT2D eigenvalue weighted by Crippen LogP contribution is -2.33. The zero-order valence-corrected chi connectivity index (χ0v) is 15.8. The number of aromatic nitrogens is 2. The van der Waals surface area contributed by atoms with Crippen molar-refractivity contribution in [2.24, 2.45) is 0 Å². The van der Waals surface area contributed by atoms with E-state index >= 15 is 0 Å². The number of nitrogens with zero attached hydrogens (tertiary/aromatic N) is 3. The van der Waals surface area contributed by atoms with Crippen LogP contribution in [-0.2, 0) is 14.3 Å². The van der Waals surface area contributed by atoms with Crippen LogP contribution in [0.25, 0.3) is 11.0 Å². The van der Waals surface area contributed by atoms with Crippen LogP contribution in [0.2, 0.25) is 0 Å². The SMILES string of the molecule is CC1=C(C(=O)O)C(c2cccc3nonc23)C(C(=O)OC(C)C)=C(C)N1C. The molecule has 1 unspecified atom stereocenters. The number of carboxylic acids is 1. The fourth-order valence-electron chi connectivity index (χ4n) is 3.37. The first kappa shape index (κ1) is 18.6. The monoisotopic (exact) mass is 371 g/mol. The van der Waals surface area contributed by atoms with E-state index in [1.165, 1.54) is 0 Å². The quantitative estimate of drug-likeness (QED) is 0.818. The normalized spacial score (nSPS) is 17.9. The summed E-state index contributed by atoms with van der Waals surface area (Å²) in [7, 11) is 1.73. The van der Waals surface area contributed by atoms with Gasteiger partial charge in [-0.3, -0.25) is 0 Å². The molecule has 0 radical (unpaired) electrons. The van der Waals surface area contributed by atoms with Crippen LogP contribution < -0.4 is 0 Å². The highest BCUT2D eigenvalue weighted by Gasteiger charge is 2.40. The number of rotatable bonds is 4. The number of hydrogen-bond acceptors (Lipinski definition) is 7. The zero-order valence-electron chi connectivity index (χ0n) is 15.8. The van der Waals surface area contributed by atoms with Gasteiger partial charge in [0.15, 0.2) is 0 Å². The van der Waals surface area contributed by atoms with Gasteiger partial charge in [0.05, 0.1) is 23.2 Å². The Morgan fingerprint density at radius 3 is 2.48 bits per heavy atom. The Labute approximate surface area is 156 Å². The first-order valence-electron chi connectivity index (χ1n) is 8.54. The molecule has 0 amide bonds. The number of ether oxygens (including phenoxy) is 1. The molecule has 3 rings (SSSR count). The molecule has 1 atom stereocenters. The summed E-state index contributed by atoms with van der Waals surface area (Å²) in [5.74, 6) is -2.51. The molecule has 0 saturated carbocycles. The minimum atomic E-state index is -1.11. The molecule has 2 aromatic rings. The summed E-state index contributed by atoms with van der Waals surface area (Å²) in [6.07, 6.45) is -0.339. The zero-order chi connectivity index (χ0) is 19.9. The van der Waals surface area contributed by atoms with Crippen LogP contribution >= 0.6 is 0 Å². The van der Waals surface area contributed by atoms with E-state index in [0.717, 1.165) is 0 Å². The van der Waals surface area contributed by atoms with Gasteiger partial charge in [0.1, 0.15) is 11.0 Å². The van der Waals surface area contributed by atoms with Crippen molar-refractivity contribution in [1.29, 1.82) is 0 Å². The Bertz CT molecular complexity index is 986. The molecule has 0 fully saturated rings. The minimum Gasteiger partial charge on any atom is -0.478 e. The number of carbonyl (C=O) groups excluding carboxylic acids is 1. The fourth-order valence-corrected chi connectivity index (χ4v) is 3.37. The molecule has 0 aliphatic carbocycles. The Hall–Kier alpha value is -3.16. The van der Waals surface area contributed by atoms with E-state index in [1.54, 1.807) is 57.8 Å². The number of carboxylic acid groups (broad SMARTS) is 1. The van der Waals surface area contributed by atoms with Crippen LogP contribution in [0.1, 0.15) is 39.2 Å². The third-order valence-electron chi connectivity index (χ3n) is 4.78. The van der Waals surface area contributed by atoms with E-state index in [1.807, 2.05) is 0 Å². The molecule has 0 spiro atoms. The van der Waals surface area contributed by atoms with Gasteiger partial charge in [-0.15, -0.1) is 0 Å². The number of esters is 1. The molecule has 1 aromatic carbocycles. The topological polar surface area (TPSA) is 106 Å². The van der Waals surface area contributed by atoms with E-state index in [2.05, 4.69) is 10.3 Å². The van der Waals surface area contributed by atoms with Crippen molar-refractivity contribution < 1.29 is 24.1 Å². The van der Waals surface area contributed by atoms with Gasteiger partial charge in [0.2, 0.25) is 0 Å². The van der Waals surface area contributed by atoms with E-state index in [0.29, 0.717) is 28.0 Å². The van der Waals surface area contributed by atoms with Crippen molar-refractivity contribution in [3.63, 3.8) is 0 Å². The Morgan fingerprint density at radius 2 is 1.85 bits per heavy atom. The average molecular weight is 371 g/mol. The van der Waals surface area contributed by atoms with E-state index < -0.39 is 17.9 Å². The highest BCUT2D eigenvalue weighted by Crippen LogP contribution is 2.43. The molecular weight excluding hydrogens is 350 g/mol. The molecule has 2 heterocycles. The van der Waals surface area contributed by atoms with E-state index in [-0.39, 0.29) is 17.3 Å². The molecule has 8 heteroatoms. The minimum absolute atomic E-state index is 0.0920. The van der Waals surface area contributed by atoms with Gasteiger partial charge < -0.3 is 14.7 Å². The number of aliphatic carboxylic acids is 1. The lowest BCUT2D eigenvalue weighted by Gasteiger charge is -2.35. The van der Waals surface area contributed by atoms with Crippen molar-refractivity contribution in [3.05, 3.63) is 46.3 Å². The Morgan fingerprint density at radius 1 is 1.19 bits per heavy atom. The molecule has 8 nitrogen and oxygen atoms in total. The van der Waals surface area contributed by atoms with Gasteiger partial charge in [-0.2, -0.15) is 0 Å². The van der Waals surface area contributed by atoms with Gasteiger partial charge in [0.25, 0.3) is 0 Å². The fraction of sp³-hybridized carbons (Fsp3) is 0.368. The summed E-state index contributed by atoms with van der Waals surface area (Å²) < 4.78 is 10.2. The van der Waals surface area contributed by atoms with Gasteiger partial charge in [0, 0.05) is 18.4 Å². The van der Waals surface area contributed by atoms with Crippen LogP contribution in [0.4, 0.5) is 0 Å². The second-order valence-electron chi connectivity index (χ2n) is 6.73. The molecule has 1 N–H and O–H groups in total. The van der Waals surface area contributed by atoms with Crippen molar-refractivity contribution >= 4 is 23.0 Å². The summed E-state index contributed by atoms with van der Waals surface area (Å²) in [6.45, 7) is 6.98. The molecule has 27 heavy (non-hydrogen) atoms. The maximum absolute atomic E-state index is 12.9. The van der Waals surface area contributed by atoms with Crippen molar-refractivity contribution in [3.8, 4) is 0 Å². The van der Waals surface area contributed by atoms with Crippen LogP contribution in [0.5, 0.6) is 0 Å². The predicted octanol–water partition coefficient (Wildman–Crippen LogP) is 2.84. The van der Waals surface area contributed by atoms with E-state index in [9.17, 15) is 14.7 Å². The second kappa shape index (κ2) is 6.86. The first-order valence-corrected chi connectivity index (χ1v) is 8.54. The number of benzene rings is 1. The number of carbonyl (C=O) groups is 2. The van der Waals surface area contributed by atoms with E-state index in [4.69, 9.17) is 9.37 Å². The van der Waals surface area contributed by atoms with Crippen molar-refractivity contribution in [2.75, 3.05) is 7.05 Å². The maximum Gasteiger partial charge on any atom is 0.337 e. The lowest BCUT2D eigenvalue weighted by molar-refractivity contribution is -0.143. The highest BCUT2D eigenvalue weighted by atomic mass is 16.6. The Balaban J connectivity index is 2.30. The van der Waals surface area contributed by atoms with Crippen molar-refractivity contribution in [1.82, 2.24) is 15.2 Å². The van der Waals surface area contributed by atoms with Crippen LogP contribution in [-0.4, -0.2) is 45.4 Å². The lowest BCUT2D eigenvalue weighted by atomic mass is 9.79. The molecule has 1 aromatic heterocycles. The number of hydrogen-bond donors (Lipinski definition) is 1. The van der Waals surface area contributed by atoms with Crippen LogP contribution in [0.15, 0.2) is 45.4 Å². The number of allylic oxidation sites excluding steroid dienone is 2. The summed E-state index contributed by atoms with van der Waals surface area (Å²) >= 11 is 0. The summed E-state index contributed by atoms with van der Waals surface area (Å²) in [5.41, 5.74) is 2.97. The first-order chi connectivity index (χ1) is 12.7. The molecule has 1 aliphatic rings. The van der Waals surface area contributed by atoms with Gasteiger partial charge >= 0.3 is 11.9 Å². The number of fused-ring (bicyclic) bond motifs is 1. The van der Waals surface area contributed by atoms with Crippen LogP contribution in [0.3, 0.4) is 0 Å². The van der Waals surface area contributed by atoms with Crippen molar-refractivity contribution in [2.45, 2.75) is 39.7 Å².